The normalized spacial score (nSPS) is 13.2. The molecule has 218 valence electrons. The van der Waals surface area contributed by atoms with Gasteiger partial charge >= 0.3 is 0 Å². The van der Waals surface area contributed by atoms with Crippen LogP contribution in [0.1, 0.15) is 155 Å². The van der Waals surface area contributed by atoms with E-state index in [-0.39, 0.29) is 0 Å². The van der Waals surface area contributed by atoms with E-state index in [9.17, 15) is 0 Å². The molecule has 0 fully saturated rings. The second kappa shape index (κ2) is 31.4. The number of likely N-dealkylation sites (N-methyl/N-ethyl adjacent to an activating group) is 1. The first-order valence-corrected chi connectivity index (χ1v) is 16.4. The molecule has 1 atom stereocenters. The Morgan fingerprint density at radius 3 is 1.49 bits per heavy atom. The third-order valence-electron chi connectivity index (χ3n) is 7.17. The smallest absolute Gasteiger partial charge is 0.0596 e. The van der Waals surface area contributed by atoms with E-state index in [0.717, 1.165) is 19.6 Å². The Morgan fingerprint density at radius 2 is 1.00 bits per heavy atom. The topological polar surface area (TPSA) is 12.5 Å². The van der Waals surface area contributed by atoms with Crippen molar-refractivity contribution in [2.75, 3.05) is 27.2 Å². The number of nitrogens with zero attached hydrogens (tertiary/aromatic N) is 1. The van der Waals surface area contributed by atoms with Crippen LogP contribution >= 0.6 is 0 Å². The average molecular weight is 518 g/mol. The van der Waals surface area contributed by atoms with Crippen LogP contribution in [0.25, 0.3) is 0 Å². The first kappa shape index (κ1) is 36.1. The van der Waals surface area contributed by atoms with Crippen molar-refractivity contribution >= 4 is 0 Å². The Labute approximate surface area is 234 Å². The van der Waals surface area contributed by atoms with Crippen molar-refractivity contribution in [1.82, 2.24) is 4.90 Å². The molecule has 0 rings (SSSR count). The number of hydrogen-bond acceptors (Lipinski definition) is 2. The molecule has 1 unspecified atom stereocenters. The fourth-order valence-corrected chi connectivity index (χ4v) is 4.70. The fourth-order valence-electron chi connectivity index (χ4n) is 4.70. The predicted octanol–water partition coefficient (Wildman–Crippen LogP) is 11.2. The lowest BCUT2D eigenvalue weighted by Crippen LogP contribution is -2.22. The summed E-state index contributed by atoms with van der Waals surface area (Å²) in [5.74, 6) is 0. The van der Waals surface area contributed by atoms with E-state index in [4.69, 9.17) is 4.74 Å². The van der Waals surface area contributed by atoms with Crippen LogP contribution in [0.15, 0.2) is 36.5 Å². The average Bonchev–Trinajstić information content (AvgIpc) is 2.88. The SMILES string of the molecule is CCC=CCCCCCCCCC(CCCCCCCCC=CCC=CCCCCC)OCCN(C)C. The number of unbranched alkanes of at least 4 members (excludes halogenated alkanes) is 15. The third-order valence-corrected chi connectivity index (χ3v) is 7.17. The van der Waals surface area contributed by atoms with Gasteiger partial charge in [-0.15, -0.1) is 0 Å². The van der Waals surface area contributed by atoms with E-state index in [0.29, 0.717) is 6.10 Å². The van der Waals surface area contributed by atoms with E-state index in [1.54, 1.807) is 0 Å². The molecule has 0 amide bonds. The summed E-state index contributed by atoms with van der Waals surface area (Å²) in [6, 6.07) is 0. The largest absolute Gasteiger partial charge is 0.377 e. The Morgan fingerprint density at radius 1 is 0.541 bits per heavy atom. The minimum atomic E-state index is 0.477. The summed E-state index contributed by atoms with van der Waals surface area (Å²) in [4.78, 5) is 2.23. The van der Waals surface area contributed by atoms with Gasteiger partial charge in [0.1, 0.15) is 0 Å². The van der Waals surface area contributed by atoms with Gasteiger partial charge in [-0.2, -0.15) is 0 Å². The number of ether oxygens (including phenoxy) is 1. The second-order valence-corrected chi connectivity index (χ2v) is 11.2. The van der Waals surface area contributed by atoms with Gasteiger partial charge in [-0.05, 0) is 78.3 Å². The van der Waals surface area contributed by atoms with Crippen molar-refractivity contribution in [1.29, 1.82) is 0 Å². The molecule has 0 heterocycles. The highest BCUT2D eigenvalue weighted by Gasteiger charge is 2.09. The van der Waals surface area contributed by atoms with E-state index >= 15 is 0 Å². The molecule has 0 aromatic rings. The molecule has 2 heteroatoms. The van der Waals surface area contributed by atoms with Crippen molar-refractivity contribution in [3.05, 3.63) is 36.5 Å². The van der Waals surface area contributed by atoms with Crippen LogP contribution in [0.5, 0.6) is 0 Å². The van der Waals surface area contributed by atoms with Crippen molar-refractivity contribution < 1.29 is 4.74 Å². The van der Waals surface area contributed by atoms with Crippen LogP contribution in [0.2, 0.25) is 0 Å². The first-order chi connectivity index (χ1) is 18.2. The number of hydrogen-bond donors (Lipinski definition) is 0. The zero-order chi connectivity index (χ0) is 27.1. The van der Waals surface area contributed by atoms with E-state index in [1.807, 2.05) is 0 Å². The second-order valence-electron chi connectivity index (χ2n) is 11.2. The van der Waals surface area contributed by atoms with Gasteiger partial charge in [0.25, 0.3) is 0 Å². The Bertz CT molecular complexity index is 507. The van der Waals surface area contributed by atoms with Gasteiger partial charge in [0.05, 0.1) is 12.7 Å². The van der Waals surface area contributed by atoms with E-state index < -0.39 is 0 Å². The summed E-state index contributed by atoms with van der Waals surface area (Å²) >= 11 is 0. The molecule has 0 saturated heterocycles. The summed E-state index contributed by atoms with van der Waals surface area (Å²) in [7, 11) is 4.28. The van der Waals surface area contributed by atoms with Crippen LogP contribution in [0.4, 0.5) is 0 Å². The zero-order valence-corrected chi connectivity index (χ0v) is 25.9. The summed E-state index contributed by atoms with van der Waals surface area (Å²) in [5, 5.41) is 0. The highest BCUT2D eigenvalue weighted by molar-refractivity contribution is 4.92. The van der Waals surface area contributed by atoms with Crippen LogP contribution < -0.4 is 0 Å². The van der Waals surface area contributed by atoms with Crippen LogP contribution in [0, 0.1) is 0 Å². The lowest BCUT2D eigenvalue weighted by molar-refractivity contribution is 0.0303. The highest BCUT2D eigenvalue weighted by Crippen LogP contribution is 2.17. The lowest BCUT2D eigenvalue weighted by atomic mass is 10.0. The Hall–Kier alpha value is -0.860. The van der Waals surface area contributed by atoms with Gasteiger partial charge < -0.3 is 9.64 Å². The summed E-state index contributed by atoms with van der Waals surface area (Å²) < 4.78 is 6.30. The highest BCUT2D eigenvalue weighted by atomic mass is 16.5. The van der Waals surface area contributed by atoms with Gasteiger partial charge in [-0.25, -0.2) is 0 Å². The molecule has 2 nitrogen and oxygen atoms in total. The minimum absolute atomic E-state index is 0.477. The van der Waals surface area contributed by atoms with Crippen molar-refractivity contribution in [3.8, 4) is 0 Å². The van der Waals surface area contributed by atoms with Gasteiger partial charge in [0.15, 0.2) is 0 Å². The molecule has 37 heavy (non-hydrogen) atoms. The monoisotopic (exact) mass is 518 g/mol. The number of rotatable bonds is 29. The molecule has 0 aliphatic heterocycles. The maximum atomic E-state index is 6.30. The van der Waals surface area contributed by atoms with Crippen molar-refractivity contribution in [3.63, 3.8) is 0 Å². The molecule has 0 spiro atoms. The molecule has 0 aromatic heterocycles. The van der Waals surface area contributed by atoms with Gasteiger partial charge in [0.2, 0.25) is 0 Å². The van der Waals surface area contributed by atoms with Gasteiger partial charge in [0, 0.05) is 6.54 Å². The molecule has 0 aliphatic rings. The first-order valence-electron chi connectivity index (χ1n) is 16.4. The lowest BCUT2D eigenvalue weighted by Gasteiger charge is -2.19. The van der Waals surface area contributed by atoms with Crippen molar-refractivity contribution in [2.24, 2.45) is 0 Å². The molecule has 0 aliphatic carbocycles. The van der Waals surface area contributed by atoms with Gasteiger partial charge in [-0.3, -0.25) is 0 Å². The van der Waals surface area contributed by atoms with Crippen molar-refractivity contribution in [2.45, 2.75) is 161 Å². The van der Waals surface area contributed by atoms with Crippen LogP contribution in [0.3, 0.4) is 0 Å². The predicted molar refractivity (Wildman–Crippen MR) is 169 cm³/mol. The summed E-state index contributed by atoms with van der Waals surface area (Å²) in [6.07, 6.45) is 43.6. The van der Waals surface area contributed by atoms with Crippen LogP contribution in [-0.4, -0.2) is 38.3 Å². The molecule has 0 aromatic carbocycles. The Kier molecular flexibility index (Phi) is 30.6. The quantitative estimate of drug-likeness (QED) is 0.0722. The van der Waals surface area contributed by atoms with E-state index in [2.05, 4.69) is 69.3 Å². The molecule has 0 radical (unpaired) electrons. The van der Waals surface area contributed by atoms with Gasteiger partial charge in [-0.1, -0.05) is 127 Å². The molecule has 0 saturated carbocycles. The molecule has 0 bridgehead atoms. The molecular formula is C35H67NO. The molecular weight excluding hydrogens is 450 g/mol. The van der Waals surface area contributed by atoms with Crippen LogP contribution in [-0.2, 0) is 4.74 Å². The molecule has 0 N–H and O–H groups in total. The standard InChI is InChI=1S/C35H67NO/c1-5-7-9-11-13-15-17-18-19-20-21-22-24-26-28-30-32-35(37-34-33-36(3)4)31-29-27-25-23-16-14-12-10-8-6-2/h8,10,13,15,18-19,35H,5-7,9,11-12,14,16-17,20-34H2,1-4H3. The fraction of sp³-hybridized carbons (Fsp3) is 0.829. The summed E-state index contributed by atoms with van der Waals surface area (Å²) in [5.41, 5.74) is 0. The maximum Gasteiger partial charge on any atom is 0.0596 e. The zero-order valence-electron chi connectivity index (χ0n) is 25.9. The minimum Gasteiger partial charge on any atom is -0.377 e. The third kappa shape index (κ3) is 31.3. The Balaban J connectivity index is 3.75. The number of allylic oxidation sites excluding steroid dienone is 6. The summed E-state index contributed by atoms with van der Waals surface area (Å²) in [6.45, 7) is 6.40. The van der Waals surface area contributed by atoms with E-state index in [1.165, 1.54) is 135 Å². The maximum absolute atomic E-state index is 6.30.